The molecule has 2 N–H and O–H groups in total. The van der Waals surface area contributed by atoms with Crippen molar-refractivity contribution in [3.05, 3.63) is 42.2 Å². The number of anilines is 1. The maximum absolute atomic E-state index is 12.0. The molecule has 0 saturated carbocycles. The van der Waals surface area contributed by atoms with Gasteiger partial charge in [-0.05, 0) is 45.0 Å². The summed E-state index contributed by atoms with van der Waals surface area (Å²) in [6.07, 6.45) is 3.81. The zero-order valence-corrected chi connectivity index (χ0v) is 13.9. The molecule has 2 aromatic rings. The first-order chi connectivity index (χ1) is 10.4. The minimum atomic E-state index is -3.43. The summed E-state index contributed by atoms with van der Waals surface area (Å²) in [5.74, 6) is 0. The van der Waals surface area contributed by atoms with E-state index in [0.29, 0.717) is 6.54 Å². The summed E-state index contributed by atoms with van der Waals surface area (Å²) < 4.78 is 28.5. The van der Waals surface area contributed by atoms with Crippen LogP contribution in [0.25, 0.3) is 0 Å². The van der Waals surface area contributed by atoms with Crippen molar-refractivity contribution in [2.75, 3.05) is 5.32 Å². The molecule has 6 nitrogen and oxygen atoms in total. The molecule has 22 heavy (non-hydrogen) atoms. The smallest absolute Gasteiger partial charge is 0.240 e. The van der Waals surface area contributed by atoms with Crippen LogP contribution in [0.3, 0.4) is 0 Å². The van der Waals surface area contributed by atoms with Crippen molar-refractivity contribution in [2.24, 2.45) is 0 Å². The van der Waals surface area contributed by atoms with E-state index >= 15 is 0 Å². The lowest BCUT2D eigenvalue weighted by Gasteiger charge is -2.10. The summed E-state index contributed by atoms with van der Waals surface area (Å²) in [4.78, 5) is 0.269. The summed E-state index contributed by atoms with van der Waals surface area (Å²) in [5.41, 5.74) is 1.95. The van der Waals surface area contributed by atoms with Crippen molar-refractivity contribution in [1.29, 1.82) is 0 Å². The predicted octanol–water partition coefficient (Wildman–Crippen LogP) is 2.20. The second-order valence-corrected chi connectivity index (χ2v) is 7.07. The monoisotopic (exact) mass is 322 g/mol. The molecule has 1 aromatic carbocycles. The van der Waals surface area contributed by atoms with Crippen LogP contribution in [0.1, 0.15) is 26.3 Å². The Morgan fingerprint density at radius 1 is 1.23 bits per heavy atom. The molecule has 0 unspecified atom stereocenters. The largest absolute Gasteiger partial charge is 0.381 e. The molecular formula is C15H22N4O2S. The highest BCUT2D eigenvalue weighted by molar-refractivity contribution is 7.89. The number of aromatic nitrogens is 2. The fraction of sp³-hybridized carbons (Fsp3) is 0.400. The summed E-state index contributed by atoms with van der Waals surface area (Å²) >= 11 is 0. The Kier molecular flexibility index (Phi) is 5.20. The van der Waals surface area contributed by atoms with E-state index in [1.54, 1.807) is 38.1 Å². The Bertz CT molecular complexity index is 705. The van der Waals surface area contributed by atoms with Gasteiger partial charge in [0.05, 0.1) is 11.1 Å². The van der Waals surface area contributed by atoms with Gasteiger partial charge in [0.25, 0.3) is 0 Å². The van der Waals surface area contributed by atoms with Crippen LogP contribution in [0.5, 0.6) is 0 Å². The number of nitrogens with zero attached hydrogens (tertiary/aromatic N) is 2. The van der Waals surface area contributed by atoms with Crippen LogP contribution >= 0.6 is 0 Å². The van der Waals surface area contributed by atoms with E-state index < -0.39 is 10.0 Å². The van der Waals surface area contributed by atoms with E-state index in [2.05, 4.69) is 15.1 Å². The van der Waals surface area contributed by atoms with E-state index in [0.717, 1.165) is 17.8 Å². The lowest BCUT2D eigenvalue weighted by molar-refractivity contribution is 0.570. The third-order valence-corrected chi connectivity index (χ3v) is 4.74. The first-order valence-corrected chi connectivity index (χ1v) is 8.76. The van der Waals surface area contributed by atoms with Gasteiger partial charge in [-0.3, -0.25) is 4.68 Å². The number of rotatable bonds is 7. The average molecular weight is 322 g/mol. The van der Waals surface area contributed by atoms with Gasteiger partial charge in [0.2, 0.25) is 10.0 Å². The minimum absolute atomic E-state index is 0.127. The lowest BCUT2D eigenvalue weighted by Crippen LogP contribution is -2.30. The number of benzene rings is 1. The van der Waals surface area contributed by atoms with E-state index in [9.17, 15) is 8.42 Å². The Morgan fingerprint density at radius 3 is 2.45 bits per heavy atom. The van der Waals surface area contributed by atoms with Crippen molar-refractivity contribution < 1.29 is 8.42 Å². The van der Waals surface area contributed by atoms with Gasteiger partial charge in [-0.15, -0.1) is 0 Å². The zero-order chi connectivity index (χ0) is 16.2. The Morgan fingerprint density at radius 2 is 1.91 bits per heavy atom. The highest BCUT2D eigenvalue weighted by Crippen LogP contribution is 2.15. The van der Waals surface area contributed by atoms with Crippen LogP contribution in [0, 0.1) is 0 Å². The van der Waals surface area contributed by atoms with Gasteiger partial charge in [-0.2, -0.15) is 5.10 Å². The molecule has 0 amide bonds. The lowest BCUT2D eigenvalue weighted by atomic mass is 10.3. The van der Waals surface area contributed by atoms with E-state index in [4.69, 9.17) is 0 Å². The SMILES string of the molecule is CCn1cc(CNc2ccc(S(=O)(=O)NC(C)C)cc2)cn1. The van der Waals surface area contributed by atoms with Crippen LogP contribution < -0.4 is 10.0 Å². The normalized spacial score (nSPS) is 11.8. The Balaban J connectivity index is 2.00. The molecule has 1 aromatic heterocycles. The quantitative estimate of drug-likeness (QED) is 0.819. The fourth-order valence-corrected chi connectivity index (χ4v) is 3.26. The molecule has 7 heteroatoms. The molecular weight excluding hydrogens is 300 g/mol. The van der Waals surface area contributed by atoms with Gasteiger partial charge in [0.1, 0.15) is 0 Å². The van der Waals surface area contributed by atoms with Crippen LogP contribution in [-0.4, -0.2) is 24.2 Å². The molecule has 0 saturated heterocycles. The van der Waals surface area contributed by atoms with Gasteiger partial charge >= 0.3 is 0 Å². The number of sulfonamides is 1. The van der Waals surface area contributed by atoms with Crippen molar-refractivity contribution in [3.63, 3.8) is 0 Å². The van der Waals surface area contributed by atoms with Gasteiger partial charge in [-0.1, -0.05) is 0 Å². The van der Waals surface area contributed by atoms with Crippen molar-refractivity contribution in [2.45, 2.75) is 44.8 Å². The van der Waals surface area contributed by atoms with Gasteiger partial charge in [0, 0.05) is 36.6 Å². The molecule has 0 spiro atoms. The third-order valence-electron chi connectivity index (χ3n) is 3.06. The predicted molar refractivity (Wildman–Crippen MR) is 87.1 cm³/mol. The topological polar surface area (TPSA) is 76.0 Å². The van der Waals surface area contributed by atoms with Crippen molar-refractivity contribution in [3.8, 4) is 0 Å². The maximum atomic E-state index is 12.0. The van der Waals surface area contributed by atoms with E-state index in [1.165, 1.54) is 0 Å². The summed E-state index contributed by atoms with van der Waals surface area (Å²) in [6, 6.07) is 6.60. The third kappa shape index (κ3) is 4.32. The first-order valence-electron chi connectivity index (χ1n) is 7.28. The van der Waals surface area contributed by atoms with Crippen molar-refractivity contribution >= 4 is 15.7 Å². The minimum Gasteiger partial charge on any atom is -0.381 e. The standard InChI is InChI=1S/C15H22N4O2S/c1-4-19-11-13(10-17-19)9-16-14-5-7-15(8-6-14)22(20,21)18-12(2)3/h5-8,10-12,16,18H,4,9H2,1-3H3. The second-order valence-electron chi connectivity index (χ2n) is 5.36. The molecule has 0 atom stereocenters. The van der Waals surface area contributed by atoms with E-state index in [-0.39, 0.29) is 10.9 Å². The molecule has 2 rings (SSSR count). The van der Waals surface area contributed by atoms with Crippen LogP contribution in [0.4, 0.5) is 5.69 Å². The van der Waals surface area contributed by atoms with E-state index in [1.807, 2.05) is 24.0 Å². The van der Waals surface area contributed by atoms with Gasteiger partial charge in [0.15, 0.2) is 0 Å². The molecule has 0 aliphatic rings. The number of aryl methyl sites for hydroxylation is 1. The molecule has 0 bridgehead atoms. The summed E-state index contributed by atoms with van der Waals surface area (Å²) in [5, 5.41) is 7.46. The number of hydrogen-bond acceptors (Lipinski definition) is 4. The average Bonchev–Trinajstić information content (AvgIpc) is 2.92. The first kappa shape index (κ1) is 16.5. The molecule has 1 heterocycles. The van der Waals surface area contributed by atoms with Crippen LogP contribution in [-0.2, 0) is 23.1 Å². The van der Waals surface area contributed by atoms with Crippen LogP contribution in [0.15, 0.2) is 41.6 Å². The fourth-order valence-electron chi connectivity index (χ4n) is 2.01. The summed E-state index contributed by atoms with van der Waals surface area (Å²) in [7, 11) is -3.43. The van der Waals surface area contributed by atoms with Gasteiger partial charge < -0.3 is 5.32 Å². The molecule has 0 aliphatic carbocycles. The highest BCUT2D eigenvalue weighted by Gasteiger charge is 2.14. The van der Waals surface area contributed by atoms with Gasteiger partial charge in [-0.25, -0.2) is 13.1 Å². The Labute approximate surface area is 131 Å². The van der Waals surface area contributed by atoms with Crippen molar-refractivity contribution in [1.82, 2.24) is 14.5 Å². The van der Waals surface area contributed by atoms with Crippen LogP contribution in [0.2, 0.25) is 0 Å². The molecule has 0 radical (unpaired) electrons. The number of hydrogen-bond donors (Lipinski definition) is 2. The zero-order valence-electron chi connectivity index (χ0n) is 13.1. The maximum Gasteiger partial charge on any atom is 0.240 e. The molecule has 0 aliphatic heterocycles. The summed E-state index contributed by atoms with van der Waals surface area (Å²) in [6.45, 7) is 7.12. The molecule has 120 valence electrons. The second kappa shape index (κ2) is 6.93. The highest BCUT2D eigenvalue weighted by atomic mass is 32.2. The number of nitrogens with one attached hydrogen (secondary N) is 2. The Hall–Kier alpha value is -1.86. The molecule has 0 fully saturated rings.